The number of nitrogens with one attached hydrogen (secondary N) is 2. The summed E-state index contributed by atoms with van der Waals surface area (Å²) in [6.45, 7) is 3.44. The van der Waals surface area contributed by atoms with Gasteiger partial charge in [0, 0.05) is 25.5 Å². The highest BCUT2D eigenvalue weighted by atomic mass is 16.5. The molecule has 1 unspecified atom stereocenters. The molecule has 1 aromatic carbocycles. The van der Waals surface area contributed by atoms with Crippen LogP contribution in [0.25, 0.3) is 0 Å². The number of carbonyl (C=O) groups excluding carboxylic acids is 1. The molecule has 1 aliphatic heterocycles. The van der Waals surface area contributed by atoms with Crippen molar-refractivity contribution in [1.29, 1.82) is 0 Å². The highest BCUT2D eigenvalue weighted by Crippen LogP contribution is 2.25. The van der Waals surface area contributed by atoms with E-state index in [0.717, 1.165) is 25.0 Å². The molecule has 1 amide bonds. The molecule has 3 rings (SSSR count). The summed E-state index contributed by atoms with van der Waals surface area (Å²) in [5.41, 5.74) is 2.03. The SMILES string of the molecule is COc1ccc(C)cc1NC(=O)c1cnc(NCC2CCCO2)nc1. The smallest absolute Gasteiger partial charge is 0.258 e. The molecule has 25 heavy (non-hydrogen) atoms. The summed E-state index contributed by atoms with van der Waals surface area (Å²) >= 11 is 0. The van der Waals surface area contributed by atoms with Crippen molar-refractivity contribution in [1.82, 2.24) is 9.97 Å². The Morgan fingerprint density at radius 3 is 2.84 bits per heavy atom. The standard InChI is InChI=1S/C18H22N4O3/c1-12-5-6-16(24-2)15(8-12)22-17(23)13-9-19-18(20-10-13)21-11-14-4-3-7-25-14/h5-6,8-10,14H,3-4,7,11H2,1-2H3,(H,22,23)(H,19,20,21). The number of carbonyl (C=O) groups is 1. The van der Waals surface area contributed by atoms with Gasteiger partial charge in [-0.25, -0.2) is 9.97 Å². The zero-order valence-corrected chi connectivity index (χ0v) is 14.4. The first-order valence-electron chi connectivity index (χ1n) is 8.29. The van der Waals surface area contributed by atoms with E-state index in [1.807, 2.05) is 25.1 Å². The molecule has 7 nitrogen and oxygen atoms in total. The molecule has 1 atom stereocenters. The van der Waals surface area contributed by atoms with E-state index in [9.17, 15) is 4.79 Å². The van der Waals surface area contributed by atoms with Crippen LogP contribution in [0.15, 0.2) is 30.6 Å². The van der Waals surface area contributed by atoms with Gasteiger partial charge in [-0.1, -0.05) is 6.07 Å². The van der Waals surface area contributed by atoms with Crippen molar-refractivity contribution in [2.75, 3.05) is 30.9 Å². The molecular weight excluding hydrogens is 320 g/mol. The highest BCUT2D eigenvalue weighted by Gasteiger charge is 2.16. The third kappa shape index (κ3) is 4.45. The summed E-state index contributed by atoms with van der Waals surface area (Å²) in [6.07, 6.45) is 5.35. The lowest BCUT2D eigenvalue weighted by molar-refractivity contribution is 0.102. The van der Waals surface area contributed by atoms with Crippen molar-refractivity contribution < 1.29 is 14.3 Å². The maximum atomic E-state index is 12.4. The second kappa shape index (κ2) is 7.94. The van der Waals surface area contributed by atoms with Gasteiger partial charge in [0.2, 0.25) is 5.95 Å². The minimum Gasteiger partial charge on any atom is -0.495 e. The van der Waals surface area contributed by atoms with Gasteiger partial charge >= 0.3 is 0 Å². The number of methoxy groups -OCH3 is 1. The number of ether oxygens (including phenoxy) is 2. The fourth-order valence-corrected chi connectivity index (χ4v) is 2.66. The van der Waals surface area contributed by atoms with Crippen molar-refractivity contribution in [2.24, 2.45) is 0 Å². The van der Waals surface area contributed by atoms with Crippen LogP contribution in [0.5, 0.6) is 5.75 Å². The molecule has 2 heterocycles. The van der Waals surface area contributed by atoms with Gasteiger partial charge in [0.1, 0.15) is 5.75 Å². The molecule has 1 aromatic heterocycles. The van der Waals surface area contributed by atoms with Gasteiger partial charge in [0.25, 0.3) is 5.91 Å². The summed E-state index contributed by atoms with van der Waals surface area (Å²) in [7, 11) is 1.57. The summed E-state index contributed by atoms with van der Waals surface area (Å²) in [5, 5.41) is 5.96. The monoisotopic (exact) mass is 342 g/mol. The fourth-order valence-electron chi connectivity index (χ4n) is 2.66. The van der Waals surface area contributed by atoms with Gasteiger partial charge in [-0.3, -0.25) is 4.79 Å². The zero-order chi connectivity index (χ0) is 17.6. The lowest BCUT2D eigenvalue weighted by Crippen LogP contribution is -2.20. The summed E-state index contributed by atoms with van der Waals surface area (Å²) < 4.78 is 10.8. The number of hydrogen-bond donors (Lipinski definition) is 2. The zero-order valence-electron chi connectivity index (χ0n) is 14.4. The normalized spacial score (nSPS) is 16.5. The van der Waals surface area contributed by atoms with E-state index >= 15 is 0 Å². The third-order valence-corrected chi connectivity index (χ3v) is 4.03. The number of rotatable bonds is 6. The van der Waals surface area contributed by atoms with Crippen LogP contribution in [-0.2, 0) is 4.74 Å². The molecule has 0 aliphatic carbocycles. The predicted molar refractivity (Wildman–Crippen MR) is 95.2 cm³/mol. The molecule has 2 aromatic rings. The first-order chi connectivity index (χ1) is 12.2. The van der Waals surface area contributed by atoms with Crippen LogP contribution in [0.1, 0.15) is 28.8 Å². The average Bonchev–Trinajstić information content (AvgIpc) is 3.14. The minimum atomic E-state index is -0.283. The number of aryl methyl sites for hydroxylation is 1. The number of nitrogens with zero attached hydrogens (tertiary/aromatic N) is 2. The number of anilines is 2. The van der Waals surface area contributed by atoms with Crippen molar-refractivity contribution in [2.45, 2.75) is 25.9 Å². The van der Waals surface area contributed by atoms with Gasteiger partial charge in [0.05, 0.1) is 24.5 Å². The van der Waals surface area contributed by atoms with E-state index in [2.05, 4.69) is 20.6 Å². The van der Waals surface area contributed by atoms with Crippen LogP contribution in [-0.4, -0.2) is 42.2 Å². The number of hydrogen-bond acceptors (Lipinski definition) is 6. The molecule has 132 valence electrons. The summed E-state index contributed by atoms with van der Waals surface area (Å²) in [4.78, 5) is 20.8. The van der Waals surface area contributed by atoms with Crippen LogP contribution in [0.4, 0.5) is 11.6 Å². The average molecular weight is 342 g/mol. The lowest BCUT2D eigenvalue weighted by atomic mass is 10.2. The van der Waals surface area contributed by atoms with E-state index in [4.69, 9.17) is 9.47 Å². The van der Waals surface area contributed by atoms with E-state index in [1.165, 1.54) is 12.4 Å². The molecule has 0 bridgehead atoms. The molecule has 0 spiro atoms. The molecule has 1 fully saturated rings. The van der Waals surface area contributed by atoms with Gasteiger partial charge in [-0.15, -0.1) is 0 Å². The Balaban J connectivity index is 1.61. The first-order valence-corrected chi connectivity index (χ1v) is 8.29. The Bertz CT molecular complexity index is 728. The van der Waals surface area contributed by atoms with Crippen molar-refractivity contribution in [3.8, 4) is 5.75 Å². The quantitative estimate of drug-likeness (QED) is 0.839. The van der Waals surface area contributed by atoms with E-state index in [-0.39, 0.29) is 12.0 Å². The maximum Gasteiger partial charge on any atom is 0.258 e. The van der Waals surface area contributed by atoms with E-state index < -0.39 is 0 Å². The lowest BCUT2D eigenvalue weighted by Gasteiger charge is -2.12. The van der Waals surface area contributed by atoms with Crippen LogP contribution in [0, 0.1) is 6.92 Å². The summed E-state index contributed by atoms with van der Waals surface area (Å²) in [5.74, 6) is 0.810. The van der Waals surface area contributed by atoms with Gasteiger partial charge < -0.3 is 20.1 Å². The van der Waals surface area contributed by atoms with Gasteiger partial charge in [-0.05, 0) is 37.5 Å². The largest absolute Gasteiger partial charge is 0.495 e. The highest BCUT2D eigenvalue weighted by molar-refractivity contribution is 6.04. The molecule has 2 N–H and O–H groups in total. The van der Waals surface area contributed by atoms with Crippen molar-refractivity contribution in [3.05, 3.63) is 41.7 Å². The van der Waals surface area contributed by atoms with Crippen LogP contribution in [0.3, 0.4) is 0 Å². The number of benzene rings is 1. The Kier molecular flexibility index (Phi) is 5.45. The second-order valence-corrected chi connectivity index (χ2v) is 5.97. The fraction of sp³-hybridized carbons (Fsp3) is 0.389. The van der Waals surface area contributed by atoms with Crippen LogP contribution in [0.2, 0.25) is 0 Å². The van der Waals surface area contributed by atoms with Gasteiger partial charge in [-0.2, -0.15) is 0 Å². The first kappa shape index (κ1) is 17.2. The van der Waals surface area contributed by atoms with E-state index in [0.29, 0.717) is 29.5 Å². The van der Waals surface area contributed by atoms with Crippen LogP contribution < -0.4 is 15.4 Å². The summed E-state index contributed by atoms with van der Waals surface area (Å²) in [6, 6.07) is 5.60. The number of amides is 1. The molecule has 7 heteroatoms. The van der Waals surface area contributed by atoms with Crippen LogP contribution >= 0.6 is 0 Å². The molecular formula is C18H22N4O3. The minimum absolute atomic E-state index is 0.209. The maximum absolute atomic E-state index is 12.4. The Morgan fingerprint density at radius 2 is 2.16 bits per heavy atom. The third-order valence-electron chi connectivity index (χ3n) is 4.03. The molecule has 0 radical (unpaired) electrons. The Morgan fingerprint density at radius 1 is 1.36 bits per heavy atom. The predicted octanol–water partition coefficient (Wildman–Crippen LogP) is 2.64. The molecule has 1 saturated heterocycles. The van der Waals surface area contributed by atoms with Crippen molar-refractivity contribution >= 4 is 17.5 Å². The van der Waals surface area contributed by atoms with E-state index in [1.54, 1.807) is 7.11 Å². The molecule has 0 saturated carbocycles. The Hall–Kier alpha value is -2.67. The second-order valence-electron chi connectivity index (χ2n) is 5.97. The Labute approximate surface area is 146 Å². The number of aromatic nitrogens is 2. The van der Waals surface area contributed by atoms with Gasteiger partial charge in [0.15, 0.2) is 0 Å². The topological polar surface area (TPSA) is 85.4 Å². The van der Waals surface area contributed by atoms with Crippen molar-refractivity contribution in [3.63, 3.8) is 0 Å². The molecule has 1 aliphatic rings.